The Balaban J connectivity index is 2.29. The Kier molecular flexibility index (Phi) is 6.17. The maximum absolute atomic E-state index is 13.9. The van der Waals surface area contributed by atoms with E-state index in [0.29, 0.717) is 17.6 Å². The van der Waals surface area contributed by atoms with Gasteiger partial charge in [-0.3, -0.25) is 0 Å². The maximum Gasteiger partial charge on any atom is 0.433 e. The molecule has 0 atom stereocenters. The Bertz CT molecular complexity index is 736. The Morgan fingerprint density at radius 3 is 2.48 bits per heavy atom. The van der Waals surface area contributed by atoms with Crippen LogP contribution >= 0.6 is 15.9 Å². The standard InChI is InChI=1S/C15H16BrF4N5/c1-25(2)6-5-21-14-23-12(15(18,19)20)8-13(24-14)22-11-4-3-9(16)7-10(11)17/h3-4,7-8H,5-6H2,1-2H3,(H2,21,22,23,24). The molecule has 0 aliphatic rings. The van der Waals surface area contributed by atoms with Gasteiger partial charge in [-0.25, -0.2) is 9.37 Å². The van der Waals surface area contributed by atoms with E-state index in [2.05, 4.69) is 36.5 Å². The Hall–Kier alpha value is -1.94. The SMILES string of the molecule is CN(C)CCNc1nc(Nc2ccc(Br)cc2F)cc(C(F)(F)F)n1. The van der Waals surface area contributed by atoms with E-state index < -0.39 is 17.7 Å². The van der Waals surface area contributed by atoms with Gasteiger partial charge < -0.3 is 15.5 Å². The van der Waals surface area contributed by atoms with Gasteiger partial charge in [0.05, 0.1) is 5.69 Å². The number of hydrogen-bond donors (Lipinski definition) is 2. The van der Waals surface area contributed by atoms with E-state index in [9.17, 15) is 17.6 Å². The molecule has 2 N–H and O–H groups in total. The molecule has 0 aliphatic carbocycles. The van der Waals surface area contributed by atoms with Crippen molar-refractivity contribution in [2.45, 2.75) is 6.18 Å². The summed E-state index contributed by atoms with van der Waals surface area (Å²) < 4.78 is 53.5. The van der Waals surface area contributed by atoms with Crippen molar-refractivity contribution >= 4 is 33.4 Å². The van der Waals surface area contributed by atoms with Gasteiger partial charge in [0.15, 0.2) is 5.69 Å². The largest absolute Gasteiger partial charge is 0.433 e. The summed E-state index contributed by atoms with van der Waals surface area (Å²) in [5, 5.41) is 5.29. The molecule has 1 aromatic carbocycles. The fourth-order valence-corrected chi connectivity index (χ4v) is 2.19. The monoisotopic (exact) mass is 421 g/mol. The van der Waals surface area contributed by atoms with Gasteiger partial charge in [-0.05, 0) is 32.3 Å². The predicted octanol–water partition coefficient (Wildman–Crippen LogP) is 4.11. The molecule has 25 heavy (non-hydrogen) atoms. The molecule has 136 valence electrons. The minimum absolute atomic E-state index is 0.00858. The van der Waals surface area contributed by atoms with Gasteiger partial charge in [0.2, 0.25) is 5.95 Å². The number of nitrogens with zero attached hydrogens (tertiary/aromatic N) is 3. The quantitative estimate of drug-likeness (QED) is 0.687. The average Bonchev–Trinajstić information content (AvgIpc) is 2.49. The van der Waals surface area contributed by atoms with E-state index in [1.54, 1.807) is 6.07 Å². The highest BCUT2D eigenvalue weighted by Gasteiger charge is 2.33. The van der Waals surface area contributed by atoms with Crippen LogP contribution in [-0.2, 0) is 6.18 Å². The molecule has 0 aliphatic heterocycles. The minimum Gasteiger partial charge on any atom is -0.353 e. The molecule has 0 spiro atoms. The molecule has 0 unspecified atom stereocenters. The number of aromatic nitrogens is 2. The van der Waals surface area contributed by atoms with Crippen molar-refractivity contribution in [3.63, 3.8) is 0 Å². The van der Waals surface area contributed by atoms with Gasteiger partial charge in [0.25, 0.3) is 0 Å². The van der Waals surface area contributed by atoms with Crippen LogP contribution in [0.4, 0.5) is 35.0 Å². The highest BCUT2D eigenvalue weighted by atomic mass is 79.9. The summed E-state index contributed by atoms with van der Waals surface area (Å²) in [6.45, 7) is 0.949. The van der Waals surface area contributed by atoms with E-state index in [0.717, 1.165) is 6.07 Å². The number of hydrogen-bond acceptors (Lipinski definition) is 5. The molecule has 0 saturated carbocycles. The van der Waals surface area contributed by atoms with Crippen molar-refractivity contribution in [1.82, 2.24) is 14.9 Å². The molecule has 2 rings (SSSR count). The number of halogens is 5. The first kappa shape index (κ1) is 19.4. The van der Waals surface area contributed by atoms with Crippen LogP contribution in [0.1, 0.15) is 5.69 Å². The van der Waals surface area contributed by atoms with Crippen LogP contribution in [0.3, 0.4) is 0 Å². The van der Waals surface area contributed by atoms with Crippen molar-refractivity contribution in [3.05, 3.63) is 40.2 Å². The van der Waals surface area contributed by atoms with Crippen molar-refractivity contribution in [2.24, 2.45) is 0 Å². The molecule has 0 amide bonds. The zero-order chi connectivity index (χ0) is 18.6. The summed E-state index contributed by atoms with van der Waals surface area (Å²) in [5.74, 6) is -0.962. The molecule has 2 aromatic rings. The van der Waals surface area contributed by atoms with E-state index in [1.807, 2.05) is 19.0 Å². The van der Waals surface area contributed by atoms with Gasteiger partial charge in [-0.2, -0.15) is 18.2 Å². The second-order valence-corrected chi connectivity index (χ2v) is 6.35. The Labute approximate surface area is 150 Å². The first-order valence-electron chi connectivity index (χ1n) is 7.22. The van der Waals surface area contributed by atoms with Crippen LogP contribution in [0.5, 0.6) is 0 Å². The van der Waals surface area contributed by atoms with Crippen molar-refractivity contribution in [2.75, 3.05) is 37.8 Å². The average molecular weight is 422 g/mol. The Morgan fingerprint density at radius 1 is 1.16 bits per heavy atom. The van der Waals surface area contributed by atoms with Crippen LogP contribution in [-0.4, -0.2) is 42.1 Å². The zero-order valence-electron chi connectivity index (χ0n) is 13.5. The lowest BCUT2D eigenvalue weighted by atomic mass is 10.3. The van der Waals surface area contributed by atoms with E-state index >= 15 is 0 Å². The molecule has 1 heterocycles. The molecular formula is C15H16BrF4N5. The molecule has 0 saturated heterocycles. The smallest absolute Gasteiger partial charge is 0.353 e. The van der Waals surface area contributed by atoms with E-state index in [1.165, 1.54) is 12.1 Å². The minimum atomic E-state index is -4.64. The normalized spacial score (nSPS) is 11.7. The van der Waals surface area contributed by atoms with Gasteiger partial charge in [-0.15, -0.1) is 0 Å². The topological polar surface area (TPSA) is 53.1 Å². The number of benzene rings is 1. The van der Waals surface area contributed by atoms with Crippen molar-refractivity contribution < 1.29 is 17.6 Å². The molecule has 0 fully saturated rings. The number of alkyl halides is 3. The van der Waals surface area contributed by atoms with Crippen molar-refractivity contribution in [3.8, 4) is 0 Å². The van der Waals surface area contributed by atoms with Crippen molar-refractivity contribution in [1.29, 1.82) is 0 Å². The van der Waals surface area contributed by atoms with Gasteiger partial charge >= 0.3 is 6.18 Å². The summed E-state index contributed by atoms with van der Waals surface area (Å²) >= 11 is 3.11. The number of likely N-dealkylation sites (N-methyl/N-ethyl adjacent to an activating group) is 1. The lowest BCUT2D eigenvalue weighted by Gasteiger charge is -2.14. The lowest BCUT2D eigenvalue weighted by Crippen LogP contribution is -2.22. The highest BCUT2D eigenvalue weighted by molar-refractivity contribution is 9.10. The second-order valence-electron chi connectivity index (χ2n) is 5.44. The van der Waals surface area contributed by atoms with Crippen LogP contribution in [0, 0.1) is 5.82 Å². The van der Waals surface area contributed by atoms with Gasteiger partial charge in [0, 0.05) is 23.6 Å². The summed E-state index contributed by atoms with van der Waals surface area (Å²) in [6, 6.07) is 4.89. The fourth-order valence-electron chi connectivity index (χ4n) is 1.86. The maximum atomic E-state index is 13.9. The summed E-state index contributed by atoms with van der Waals surface area (Å²) in [4.78, 5) is 9.30. The van der Waals surface area contributed by atoms with Crippen LogP contribution < -0.4 is 10.6 Å². The van der Waals surface area contributed by atoms with E-state index in [4.69, 9.17) is 0 Å². The molecule has 0 bridgehead atoms. The second kappa shape index (κ2) is 7.96. The summed E-state index contributed by atoms with van der Waals surface area (Å²) in [5.41, 5.74) is -1.11. The summed E-state index contributed by atoms with van der Waals surface area (Å²) in [6.07, 6.45) is -4.64. The third-order valence-electron chi connectivity index (χ3n) is 3.05. The first-order chi connectivity index (χ1) is 11.6. The van der Waals surface area contributed by atoms with E-state index in [-0.39, 0.29) is 17.5 Å². The Morgan fingerprint density at radius 2 is 1.88 bits per heavy atom. The van der Waals surface area contributed by atoms with Crippen LogP contribution in [0.2, 0.25) is 0 Å². The zero-order valence-corrected chi connectivity index (χ0v) is 15.0. The van der Waals surface area contributed by atoms with Gasteiger partial charge in [0.1, 0.15) is 11.6 Å². The first-order valence-corrected chi connectivity index (χ1v) is 8.01. The third kappa shape index (κ3) is 5.82. The molecule has 0 radical (unpaired) electrons. The lowest BCUT2D eigenvalue weighted by molar-refractivity contribution is -0.141. The number of rotatable bonds is 6. The molecular weight excluding hydrogens is 406 g/mol. The molecule has 10 heteroatoms. The highest BCUT2D eigenvalue weighted by Crippen LogP contribution is 2.31. The predicted molar refractivity (Wildman–Crippen MR) is 91.5 cm³/mol. The fraction of sp³-hybridized carbons (Fsp3) is 0.333. The van der Waals surface area contributed by atoms with Crippen LogP contribution in [0.25, 0.3) is 0 Å². The van der Waals surface area contributed by atoms with Crippen LogP contribution in [0.15, 0.2) is 28.7 Å². The number of nitrogens with one attached hydrogen (secondary N) is 2. The number of anilines is 3. The molecule has 5 nitrogen and oxygen atoms in total. The third-order valence-corrected chi connectivity index (χ3v) is 3.55. The molecule has 1 aromatic heterocycles. The summed E-state index contributed by atoms with van der Waals surface area (Å²) in [7, 11) is 3.66. The van der Waals surface area contributed by atoms with Gasteiger partial charge in [-0.1, -0.05) is 15.9 Å².